The van der Waals surface area contributed by atoms with Crippen LogP contribution >= 0.6 is 34.8 Å². The number of amides is 1. The van der Waals surface area contributed by atoms with Crippen molar-refractivity contribution < 1.29 is 22.7 Å². The number of rotatable bonds is 7. The lowest BCUT2D eigenvalue weighted by molar-refractivity contribution is -0.114. The lowest BCUT2D eigenvalue weighted by Crippen LogP contribution is -2.37. The Labute approximate surface area is 189 Å². The number of benzene rings is 2. The Balaban J connectivity index is 2.26. The quantitative estimate of drug-likeness (QED) is 0.452. The standard InChI is InChI=1S/C19H19Cl3N2O5S/c1-4-29-19(26)12-5-6-16(11(2)7-12)23-18(25)10-24(30(3,27)28)17-9-14(21)13(20)8-15(17)22/h5-9H,4,10H2,1-3H3,(H,23,25). The third-order valence-electron chi connectivity index (χ3n) is 3.96. The first-order valence-corrected chi connectivity index (χ1v) is 11.6. The molecule has 0 aromatic heterocycles. The number of ether oxygens (including phenoxy) is 1. The van der Waals surface area contributed by atoms with E-state index >= 15 is 0 Å². The van der Waals surface area contributed by atoms with Gasteiger partial charge < -0.3 is 10.1 Å². The van der Waals surface area contributed by atoms with Gasteiger partial charge in [-0.1, -0.05) is 34.8 Å². The van der Waals surface area contributed by atoms with Crippen LogP contribution in [0.3, 0.4) is 0 Å². The number of carbonyl (C=O) groups is 2. The van der Waals surface area contributed by atoms with Gasteiger partial charge in [-0.3, -0.25) is 9.10 Å². The molecule has 7 nitrogen and oxygen atoms in total. The first kappa shape index (κ1) is 24.3. The summed E-state index contributed by atoms with van der Waals surface area (Å²) in [6, 6.07) is 7.19. The highest BCUT2D eigenvalue weighted by molar-refractivity contribution is 7.92. The van der Waals surface area contributed by atoms with Crippen molar-refractivity contribution in [2.24, 2.45) is 0 Å². The molecule has 2 aromatic rings. The van der Waals surface area contributed by atoms with Gasteiger partial charge in [-0.25, -0.2) is 13.2 Å². The van der Waals surface area contributed by atoms with Crippen LogP contribution in [-0.2, 0) is 19.6 Å². The molecule has 0 heterocycles. The summed E-state index contributed by atoms with van der Waals surface area (Å²) in [5.74, 6) is -1.09. The second kappa shape index (κ2) is 9.87. The Morgan fingerprint density at radius 3 is 2.27 bits per heavy atom. The fraction of sp³-hybridized carbons (Fsp3) is 0.263. The van der Waals surface area contributed by atoms with E-state index in [-0.39, 0.29) is 27.4 Å². The molecule has 1 amide bonds. The van der Waals surface area contributed by atoms with E-state index in [2.05, 4.69) is 5.32 Å². The third-order valence-corrected chi connectivity index (χ3v) is 6.11. The molecule has 0 fully saturated rings. The average Bonchev–Trinajstić information content (AvgIpc) is 2.64. The maximum absolute atomic E-state index is 12.6. The van der Waals surface area contributed by atoms with Gasteiger partial charge in [0.1, 0.15) is 6.54 Å². The molecular weight excluding hydrogens is 475 g/mol. The Bertz CT molecular complexity index is 1090. The lowest BCUT2D eigenvalue weighted by Gasteiger charge is -2.23. The second-order valence-corrected chi connectivity index (χ2v) is 9.41. The molecule has 0 unspecified atom stereocenters. The van der Waals surface area contributed by atoms with Crippen LogP contribution in [0.15, 0.2) is 30.3 Å². The summed E-state index contributed by atoms with van der Waals surface area (Å²) in [6.45, 7) is 3.10. The smallest absolute Gasteiger partial charge is 0.338 e. The summed E-state index contributed by atoms with van der Waals surface area (Å²) in [4.78, 5) is 24.4. The summed E-state index contributed by atoms with van der Waals surface area (Å²) in [7, 11) is -3.87. The van der Waals surface area contributed by atoms with E-state index in [1.165, 1.54) is 24.3 Å². The van der Waals surface area contributed by atoms with Gasteiger partial charge >= 0.3 is 5.97 Å². The maximum atomic E-state index is 12.6. The number of hydrogen-bond donors (Lipinski definition) is 1. The number of halogens is 3. The highest BCUT2D eigenvalue weighted by Crippen LogP contribution is 2.35. The highest BCUT2D eigenvalue weighted by atomic mass is 35.5. The molecule has 0 bridgehead atoms. The second-order valence-electron chi connectivity index (χ2n) is 6.29. The molecule has 11 heteroatoms. The van der Waals surface area contributed by atoms with Crippen molar-refractivity contribution in [3.05, 3.63) is 56.5 Å². The summed E-state index contributed by atoms with van der Waals surface area (Å²) < 4.78 is 30.3. The fourth-order valence-electron chi connectivity index (χ4n) is 2.55. The number of anilines is 2. The van der Waals surface area contributed by atoms with Gasteiger partial charge in [0, 0.05) is 5.69 Å². The molecule has 0 radical (unpaired) electrons. The van der Waals surface area contributed by atoms with Crippen molar-refractivity contribution in [2.75, 3.05) is 29.0 Å². The van der Waals surface area contributed by atoms with Crippen LogP contribution in [0.25, 0.3) is 0 Å². The zero-order chi connectivity index (χ0) is 22.6. The van der Waals surface area contributed by atoms with Gasteiger partial charge in [0.15, 0.2) is 0 Å². The van der Waals surface area contributed by atoms with E-state index < -0.39 is 28.4 Å². The van der Waals surface area contributed by atoms with Crippen LogP contribution in [0.5, 0.6) is 0 Å². The van der Waals surface area contributed by atoms with Crippen molar-refractivity contribution in [2.45, 2.75) is 13.8 Å². The molecule has 0 saturated carbocycles. The van der Waals surface area contributed by atoms with E-state index in [0.29, 0.717) is 16.8 Å². The maximum Gasteiger partial charge on any atom is 0.338 e. The summed E-state index contributed by atoms with van der Waals surface area (Å²) in [5.41, 5.74) is 1.39. The Hall–Kier alpha value is -2.00. The number of sulfonamides is 1. The van der Waals surface area contributed by atoms with Crippen LogP contribution < -0.4 is 9.62 Å². The van der Waals surface area contributed by atoms with Crippen molar-refractivity contribution >= 4 is 68.1 Å². The molecule has 0 aliphatic carbocycles. The van der Waals surface area contributed by atoms with Gasteiger partial charge in [-0.2, -0.15) is 0 Å². The summed E-state index contributed by atoms with van der Waals surface area (Å²) in [5, 5.41) is 2.90. The number of carbonyl (C=O) groups excluding carboxylic acids is 2. The fourth-order valence-corrected chi connectivity index (χ4v) is 4.10. The van der Waals surface area contributed by atoms with Gasteiger partial charge in [0.25, 0.3) is 0 Å². The molecule has 0 aliphatic heterocycles. The van der Waals surface area contributed by atoms with E-state index in [9.17, 15) is 18.0 Å². The van der Waals surface area contributed by atoms with E-state index in [0.717, 1.165) is 10.6 Å². The van der Waals surface area contributed by atoms with Crippen molar-refractivity contribution in [3.8, 4) is 0 Å². The molecule has 30 heavy (non-hydrogen) atoms. The minimum atomic E-state index is -3.87. The van der Waals surface area contributed by atoms with Crippen LogP contribution in [0, 0.1) is 6.92 Å². The monoisotopic (exact) mass is 492 g/mol. The molecular formula is C19H19Cl3N2O5S. The first-order chi connectivity index (χ1) is 13.9. The summed E-state index contributed by atoms with van der Waals surface area (Å²) >= 11 is 18.0. The average molecular weight is 494 g/mol. The molecule has 0 aliphatic rings. The highest BCUT2D eigenvalue weighted by Gasteiger charge is 2.24. The zero-order valence-corrected chi connectivity index (χ0v) is 19.4. The number of nitrogens with zero attached hydrogens (tertiary/aromatic N) is 1. The molecule has 2 rings (SSSR count). The molecule has 0 saturated heterocycles. The topological polar surface area (TPSA) is 92.8 Å². The van der Waals surface area contributed by atoms with E-state index in [4.69, 9.17) is 39.5 Å². The number of nitrogens with one attached hydrogen (secondary N) is 1. The van der Waals surface area contributed by atoms with Crippen LogP contribution in [0.1, 0.15) is 22.8 Å². The van der Waals surface area contributed by atoms with Crippen LogP contribution in [0.2, 0.25) is 15.1 Å². The molecule has 0 spiro atoms. The molecule has 162 valence electrons. The Morgan fingerprint density at radius 2 is 1.70 bits per heavy atom. The van der Waals surface area contributed by atoms with Gasteiger partial charge in [-0.15, -0.1) is 0 Å². The molecule has 2 aromatic carbocycles. The van der Waals surface area contributed by atoms with E-state index in [1.54, 1.807) is 19.9 Å². The SMILES string of the molecule is CCOC(=O)c1ccc(NC(=O)CN(c2cc(Cl)c(Cl)cc2Cl)S(C)(=O)=O)c(C)c1. The largest absolute Gasteiger partial charge is 0.462 e. The van der Waals surface area contributed by atoms with Crippen LogP contribution in [-0.4, -0.2) is 39.7 Å². The number of esters is 1. The predicted octanol–water partition coefficient (Wildman–Crippen LogP) is 4.54. The first-order valence-electron chi connectivity index (χ1n) is 8.64. The van der Waals surface area contributed by atoms with Crippen molar-refractivity contribution in [1.82, 2.24) is 0 Å². The molecule has 0 atom stereocenters. The molecule has 1 N–H and O–H groups in total. The predicted molar refractivity (Wildman–Crippen MR) is 119 cm³/mol. The lowest BCUT2D eigenvalue weighted by atomic mass is 10.1. The van der Waals surface area contributed by atoms with Gasteiger partial charge in [0.05, 0.1) is 39.2 Å². The Kier molecular flexibility index (Phi) is 7.99. The van der Waals surface area contributed by atoms with Crippen LogP contribution in [0.4, 0.5) is 11.4 Å². The normalized spacial score (nSPS) is 11.1. The van der Waals surface area contributed by atoms with Gasteiger partial charge in [-0.05, 0) is 49.7 Å². The van der Waals surface area contributed by atoms with Crippen molar-refractivity contribution in [1.29, 1.82) is 0 Å². The third kappa shape index (κ3) is 6.01. The van der Waals surface area contributed by atoms with Crippen molar-refractivity contribution in [3.63, 3.8) is 0 Å². The van der Waals surface area contributed by atoms with E-state index in [1.807, 2.05) is 0 Å². The minimum absolute atomic E-state index is 0.0256. The number of hydrogen-bond acceptors (Lipinski definition) is 5. The van der Waals surface area contributed by atoms with Gasteiger partial charge in [0.2, 0.25) is 15.9 Å². The minimum Gasteiger partial charge on any atom is -0.462 e. The Morgan fingerprint density at radius 1 is 1.07 bits per heavy atom. The summed E-state index contributed by atoms with van der Waals surface area (Å²) in [6.07, 6.45) is 0.943. The zero-order valence-electron chi connectivity index (χ0n) is 16.3. The number of aryl methyl sites for hydroxylation is 1.